The van der Waals surface area contributed by atoms with Crippen molar-refractivity contribution < 1.29 is 35.4 Å². The summed E-state index contributed by atoms with van der Waals surface area (Å²) < 4.78 is 5.88. The number of rotatable bonds is 0. The molecule has 0 aromatic heterocycles. The van der Waals surface area contributed by atoms with Crippen LogP contribution in [0.2, 0.25) is 32.2 Å². The molecule has 1 aliphatic rings. The average Bonchev–Trinajstić information content (AvgIpc) is 1.77. The zero-order valence-corrected chi connectivity index (χ0v) is 12.5. The van der Waals surface area contributed by atoms with Gasteiger partial charge < -0.3 is 5.85 Å². The van der Waals surface area contributed by atoms with Crippen LogP contribution in [0.1, 0.15) is 7.85 Å². The van der Waals surface area contributed by atoms with E-state index in [0.29, 0.717) is 0 Å². The quantitative estimate of drug-likeness (QED) is 0.478. The largest absolute Gasteiger partial charge is 1.00 e. The maximum absolute atomic E-state index is 5.88. The van der Waals surface area contributed by atoms with E-state index in [9.17, 15) is 0 Å². The van der Waals surface area contributed by atoms with E-state index in [0.717, 1.165) is 6.61 Å². The molecule has 1 fully saturated rings. The molecule has 0 N–H and O–H groups in total. The summed E-state index contributed by atoms with van der Waals surface area (Å²) in [6.07, 6.45) is 1.32. The molecule has 0 aliphatic carbocycles. The van der Waals surface area contributed by atoms with Gasteiger partial charge in [0.2, 0.25) is 0 Å². The van der Waals surface area contributed by atoms with Gasteiger partial charge in [-0.25, -0.2) is 0 Å². The molecule has 0 aromatic carbocycles. The van der Waals surface area contributed by atoms with Crippen LogP contribution in [-0.2, 0) is 4.43 Å². The first kappa shape index (κ1) is 12.4. The molecule has 11 heavy (non-hydrogen) atoms. The van der Waals surface area contributed by atoms with Gasteiger partial charge in [-0.05, 0) is 19.5 Å². The molecule has 0 spiro atoms. The number of hydrogen-bond acceptors (Lipinski definition) is 1. The zero-order valence-electron chi connectivity index (χ0n) is 9.53. The Balaban J connectivity index is 0. The van der Waals surface area contributed by atoms with Crippen molar-refractivity contribution >= 4 is 15.4 Å². The van der Waals surface area contributed by atoms with Gasteiger partial charge in [0.1, 0.15) is 0 Å². The fourth-order valence-corrected chi connectivity index (χ4v) is 7.83. The molecule has 0 unspecified atom stereocenters. The molecular formula is C7H19NaOSi2. The summed E-state index contributed by atoms with van der Waals surface area (Å²) in [5.41, 5.74) is 0. The second-order valence-electron chi connectivity index (χ2n) is 4.35. The fourth-order valence-electron chi connectivity index (χ4n) is 1.34. The van der Waals surface area contributed by atoms with Gasteiger partial charge in [0.05, 0.1) is 7.59 Å². The summed E-state index contributed by atoms with van der Waals surface area (Å²) in [5, 5.41) is 0. The molecule has 1 heterocycles. The Bertz CT molecular complexity index is 125. The Morgan fingerprint density at radius 2 is 1.73 bits per heavy atom. The van der Waals surface area contributed by atoms with Gasteiger partial charge in [-0.15, -0.1) is 0 Å². The van der Waals surface area contributed by atoms with Crippen LogP contribution < -0.4 is 29.6 Å². The van der Waals surface area contributed by atoms with Crippen LogP contribution in [-0.4, -0.2) is 22.0 Å². The first-order valence-electron chi connectivity index (χ1n) is 4.10. The molecule has 0 aromatic rings. The van der Waals surface area contributed by atoms with E-state index >= 15 is 0 Å². The number of hydrogen-bond donors (Lipinski definition) is 0. The Kier molecular flexibility index (Phi) is 4.58. The normalized spacial score (nSPS) is 27.3. The van der Waals surface area contributed by atoms with Crippen LogP contribution in [0.4, 0.5) is 0 Å². The molecule has 1 rings (SSSR count). The van der Waals surface area contributed by atoms with Crippen molar-refractivity contribution in [2.75, 3.05) is 6.61 Å². The summed E-state index contributed by atoms with van der Waals surface area (Å²) in [4.78, 5) is 0. The van der Waals surface area contributed by atoms with Crippen LogP contribution >= 0.6 is 0 Å². The zero-order chi connectivity index (χ0) is 7.83. The fraction of sp³-hybridized carbons (Fsp3) is 1.00. The van der Waals surface area contributed by atoms with E-state index in [4.69, 9.17) is 4.43 Å². The molecule has 1 aliphatic heterocycles. The first-order valence-corrected chi connectivity index (χ1v) is 11.2. The van der Waals surface area contributed by atoms with E-state index in [1.54, 1.807) is 0 Å². The van der Waals surface area contributed by atoms with Crippen LogP contribution in [0.3, 0.4) is 0 Å². The van der Waals surface area contributed by atoms with Gasteiger partial charge in [-0.3, -0.25) is 0 Å². The minimum absolute atomic E-state index is 0. The Morgan fingerprint density at radius 3 is 2.00 bits per heavy atom. The molecule has 0 bridgehead atoms. The van der Waals surface area contributed by atoms with E-state index in [-0.39, 0.29) is 31.0 Å². The van der Waals surface area contributed by atoms with E-state index in [2.05, 4.69) is 26.2 Å². The van der Waals surface area contributed by atoms with E-state index in [1.165, 1.54) is 12.5 Å². The van der Waals surface area contributed by atoms with E-state index in [1.807, 2.05) is 0 Å². The van der Waals surface area contributed by atoms with Crippen LogP contribution in [0.25, 0.3) is 0 Å². The summed E-state index contributed by atoms with van der Waals surface area (Å²) >= 11 is 0. The standard InChI is InChI=1S/C7H18OSi2.Na.H/c1-9(2)7-5-6-8-10(9,3)4;;/h5-7H2,1-4H3;;/q;+1;-1. The van der Waals surface area contributed by atoms with Crippen molar-refractivity contribution in [1.82, 2.24) is 0 Å². The third kappa shape index (κ3) is 2.67. The van der Waals surface area contributed by atoms with Crippen LogP contribution in [0.5, 0.6) is 0 Å². The second-order valence-corrected chi connectivity index (χ2v) is 19.6. The van der Waals surface area contributed by atoms with Crippen molar-refractivity contribution in [3.8, 4) is 0 Å². The van der Waals surface area contributed by atoms with Crippen LogP contribution in [0.15, 0.2) is 0 Å². The molecule has 62 valence electrons. The third-order valence-corrected chi connectivity index (χ3v) is 19.8. The maximum Gasteiger partial charge on any atom is 1.00 e. The molecule has 0 radical (unpaired) electrons. The third-order valence-electron chi connectivity index (χ3n) is 3.04. The van der Waals surface area contributed by atoms with Gasteiger partial charge in [-0.2, -0.15) is 0 Å². The Hall–Kier alpha value is 1.39. The first-order chi connectivity index (χ1) is 4.46. The van der Waals surface area contributed by atoms with Crippen molar-refractivity contribution in [2.24, 2.45) is 0 Å². The molecule has 1 saturated heterocycles. The SMILES string of the molecule is C[Si]1(C)CCCO[Si]1(C)C.[H-].[Na+]. The Labute approximate surface area is 95.6 Å². The average molecular weight is 198 g/mol. The molecule has 4 heteroatoms. The van der Waals surface area contributed by atoms with Crippen LogP contribution in [0, 0.1) is 0 Å². The van der Waals surface area contributed by atoms with Gasteiger partial charge in [0.15, 0.2) is 7.83 Å². The maximum atomic E-state index is 5.88. The predicted octanol–water partition coefficient (Wildman–Crippen LogP) is -0.485. The molecule has 0 amide bonds. The molecule has 1 nitrogen and oxygen atoms in total. The van der Waals surface area contributed by atoms with Crippen molar-refractivity contribution in [3.05, 3.63) is 0 Å². The Morgan fingerprint density at radius 1 is 1.18 bits per heavy atom. The van der Waals surface area contributed by atoms with Crippen molar-refractivity contribution in [2.45, 2.75) is 38.7 Å². The van der Waals surface area contributed by atoms with Crippen molar-refractivity contribution in [3.63, 3.8) is 0 Å². The topological polar surface area (TPSA) is 9.23 Å². The smallest absolute Gasteiger partial charge is 1.00 e. The minimum Gasteiger partial charge on any atom is -1.00 e. The second kappa shape index (κ2) is 4.07. The predicted molar refractivity (Wildman–Crippen MR) is 51.5 cm³/mol. The molecule has 0 saturated carbocycles. The van der Waals surface area contributed by atoms with Crippen molar-refractivity contribution in [1.29, 1.82) is 0 Å². The molecular weight excluding hydrogens is 179 g/mol. The summed E-state index contributed by atoms with van der Waals surface area (Å²) in [6, 6.07) is 1.49. The summed E-state index contributed by atoms with van der Waals surface area (Å²) in [7, 11) is -2.08. The van der Waals surface area contributed by atoms with Gasteiger partial charge in [-0.1, -0.05) is 19.1 Å². The summed E-state index contributed by atoms with van der Waals surface area (Å²) in [6.45, 7) is 10.8. The molecule has 0 atom stereocenters. The minimum atomic E-state index is -1.18. The summed E-state index contributed by atoms with van der Waals surface area (Å²) in [5.74, 6) is 0. The van der Waals surface area contributed by atoms with Gasteiger partial charge in [0, 0.05) is 6.61 Å². The van der Waals surface area contributed by atoms with Gasteiger partial charge >= 0.3 is 29.6 Å². The van der Waals surface area contributed by atoms with E-state index < -0.39 is 15.4 Å². The van der Waals surface area contributed by atoms with Gasteiger partial charge in [0.25, 0.3) is 0 Å². The monoisotopic (exact) mass is 198 g/mol.